The van der Waals surface area contributed by atoms with Crippen molar-refractivity contribution in [3.8, 4) is 0 Å². The lowest BCUT2D eigenvalue weighted by Crippen LogP contribution is -2.46. The molecule has 0 unspecified atom stereocenters. The monoisotopic (exact) mass is 330 g/mol. The van der Waals surface area contributed by atoms with E-state index in [0.29, 0.717) is 15.6 Å². The highest BCUT2D eigenvalue weighted by Gasteiger charge is 2.50. The first-order chi connectivity index (χ1) is 7.38. The number of allylic oxidation sites excluding steroid dienone is 4. The van der Waals surface area contributed by atoms with E-state index in [4.69, 9.17) is 0 Å². The fourth-order valence-electron chi connectivity index (χ4n) is 2.78. The summed E-state index contributed by atoms with van der Waals surface area (Å²) in [5.41, 5.74) is 1.39. The van der Waals surface area contributed by atoms with E-state index in [1.807, 2.05) is 36.4 Å². The number of ketones is 2. The van der Waals surface area contributed by atoms with Gasteiger partial charge in [0, 0.05) is 16.9 Å². The minimum atomic E-state index is -0.494. The molecule has 0 N–H and O–H groups in total. The van der Waals surface area contributed by atoms with E-state index >= 15 is 0 Å². The van der Waals surface area contributed by atoms with Gasteiger partial charge in [0.05, 0.1) is 3.58 Å². The van der Waals surface area contributed by atoms with Gasteiger partial charge >= 0.3 is 0 Å². The van der Waals surface area contributed by atoms with E-state index in [-0.39, 0.29) is 17.5 Å². The summed E-state index contributed by atoms with van der Waals surface area (Å²) in [7, 11) is 0. The van der Waals surface area contributed by atoms with Gasteiger partial charge in [0.25, 0.3) is 0 Å². The molecule has 16 heavy (non-hydrogen) atoms. The van der Waals surface area contributed by atoms with Gasteiger partial charge < -0.3 is 0 Å². The Balaban J connectivity index is 2.55. The molecule has 2 aliphatic rings. The number of carbonyl (C=O) groups is 2. The lowest BCUT2D eigenvalue weighted by molar-refractivity contribution is -0.136. The van der Waals surface area contributed by atoms with Crippen LogP contribution < -0.4 is 0 Å². The van der Waals surface area contributed by atoms with E-state index in [0.717, 1.165) is 6.42 Å². The van der Waals surface area contributed by atoms with Crippen LogP contribution in [-0.4, -0.2) is 11.6 Å². The maximum Gasteiger partial charge on any atom is 0.176 e. The summed E-state index contributed by atoms with van der Waals surface area (Å²) >= 11 is 2.02. The zero-order chi connectivity index (χ0) is 12.1. The maximum atomic E-state index is 12.3. The molecule has 0 aromatic heterocycles. The molecule has 0 heterocycles. The Bertz CT molecular complexity index is 445. The van der Waals surface area contributed by atoms with Crippen LogP contribution in [0.4, 0.5) is 0 Å². The van der Waals surface area contributed by atoms with Crippen molar-refractivity contribution in [1.82, 2.24) is 0 Å². The average molecular weight is 330 g/mol. The molecule has 0 aliphatic heterocycles. The van der Waals surface area contributed by atoms with Gasteiger partial charge in [-0.15, -0.1) is 0 Å². The number of halogens is 1. The molecule has 2 atom stereocenters. The number of hydrogen-bond acceptors (Lipinski definition) is 2. The first-order valence-corrected chi connectivity index (χ1v) is 6.57. The Hall–Kier alpha value is -0.450. The highest BCUT2D eigenvalue weighted by molar-refractivity contribution is 14.1. The summed E-state index contributed by atoms with van der Waals surface area (Å²) in [6, 6.07) is 0. The molecule has 0 saturated heterocycles. The van der Waals surface area contributed by atoms with Gasteiger partial charge in [-0.25, -0.2) is 0 Å². The Morgan fingerprint density at radius 3 is 2.62 bits per heavy atom. The second-order valence-corrected chi connectivity index (χ2v) is 6.14. The minimum Gasteiger partial charge on any atom is -0.294 e. The Morgan fingerprint density at radius 2 is 2.00 bits per heavy atom. The Morgan fingerprint density at radius 1 is 1.38 bits per heavy atom. The number of rotatable bonds is 0. The molecule has 0 amide bonds. The van der Waals surface area contributed by atoms with Crippen LogP contribution in [-0.2, 0) is 9.59 Å². The molecule has 2 nitrogen and oxygen atoms in total. The lowest BCUT2D eigenvalue weighted by atomic mass is 9.60. The summed E-state index contributed by atoms with van der Waals surface area (Å²) in [4.78, 5) is 24.5. The van der Waals surface area contributed by atoms with Crippen molar-refractivity contribution in [1.29, 1.82) is 0 Å². The first kappa shape index (κ1) is 12.0. The Labute approximate surface area is 109 Å². The summed E-state index contributed by atoms with van der Waals surface area (Å²) in [5.74, 6) is 0.181. The van der Waals surface area contributed by atoms with Gasteiger partial charge in [-0.05, 0) is 49.3 Å². The van der Waals surface area contributed by atoms with Crippen LogP contribution in [0.5, 0.6) is 0 Å². The van der Waals surface area contributed by atoms with Gasteiger partial charge in [0.2, 0.25) is 0 Å². The van der Waals surface area contributed by atoms with Crippen LogP contribution in [0.2, 0.25) is 0 Å². The van der Waals surface area contributed by atoms with Crippen molar-refractivity contribution in [3.63, 3.8) is 0 Å². The van der Waals surface area contributed by atoms with Crippen molar-refractivity contribution in [2.45, 2.75) is 33.6 Å². The number of carbonyl (C=O) groups excluding carboxylic acids is 2. The molecule has 0 fully saturated rings. The summed E-state index contributed by atoms with van der Waals surface area (Å²) < 4.78 is 0.635. The van der Waals surface area contributed by atoms with E-state index in [2.05, 4.69) is 6.08 Å². The molecule has 0 saturated carbocycles. The van der Waals surface area contributed by atoms with E-state index in [1.165, 1.54) is 5.57 Å². The third kappa shape index (κ3) is 1.51. The zero-order valence-corrected chi connectivity index (χ0v) is 11.9. The van der Waals surface area contributed by atoms with Crippen LogP contribution >= 0.6 is 22.6 Å². The SMILES string of the molecule is CC1=CC[C@@H]2C(=O)C(C)=C(I)C(=O)[C@]2(C)C1. The molecule has 0 aromatic rings. The summed E-state index contributed by atoms with van der Waals surface area (Å²) in [6.07, 6.45) is 3.54. The smallest absolute Gasteiger partial charge is 0.176 e. The van der Waals surface area contributed by atoms with Crippen LogP contribution in [0, 0.1) is 11.3 Å². The second kappa shape index (κ2) is 3.79. The van der Waals surface area contributed by atoms with Crippen molar-refractivity contribution >= 4 is 34.2 Å². The van der Waals surface area contributed by atoms with Gasteiger partial charge in [-0.3, -0.25) is 9.59 Å². The Kier molecular flexibility index (Phi) is 2.85. The zero-order valence-electron chi connectivity index (χ0n) is 9.76. The standard InChI is InChI=1S/C13H15IO2/c1-7-4-5-9-11(15)8(2)10(14)12(16)13(9,3)6-7/h4,9H,5-6H2,1-3H3/t9-,13-/m1/s1. The first-order valence-electron chi connectivity index (χ1n) is 5.49. The molecule has 0 aromatic carbocycles. The highest BCUT2D eigenvalue weighted by Crippen LogP contribution is 2.48. The largest absolute Gasteiger partial charge is 0.294 e. The molecular formula is C13H15IO2. The number of hydrogen-bond donors (Lipinski definition) is 0. The number of Topliss-reactive ketones (excluding diaryl/α,β-unsaturated/α-hetero) is 2. The maximum absolute atomic E-state index is 12.3. The van der Waals surface area contributed by atoms with Crippen molar-refractivity contribution in [3.05, 3.63) is 20.8 Å². The normalized spacial score (nSPS) is 35.0. The lowest BCUT2D eigenvalue weighted by Gasteiger charge is -2.41. The average Bonchev–Trinajstić information content (AvgIpc) is 2.23. The van der Waals surface area contributed by atoms with E-state index in [9.17, 15) is 9.59 Å². The quantitative estimate of drug-likeness (QED) is 0.505. The van der Waals surface area contributed by atoms with Crippen LogP contribution in [0.15, 0.2) is 20.8 Å². The van der Waals surface area contributed by atoms with Gasteiger partial charge in [-0.1, -0.05) is 18.6 Å². The number of fused-ring (bicyclic) bond motifs is 1. The van der Waals surface area contributed by atoms with Crippen LogP contribution in [0.25, 0.3) is 0 Å². The summed E-state index contributed by atoms with van der Waals surface area (Å²) in [6.45, 7) is 5.75. The second-order valence-electron chi connectivity index (χ2n) is 5.07. The fourth-order valence-corrected chi connectivity index (χ4v) is 3.66. The van der Waals surface area contributed by atoms with Crippen LogP contribution in [0.3, 0.4) is 0 Å². The predicted octanol–water partition coefficient (Wildman–Crippen LogP) is 3.21. The van der Waals surface area contributed by atoms with Gasteiger partial charge in [0.1, 0.15) is 0 Å². The van der Waals surface area contributed by atoms with E-state index < -0.39 is 5.41 Å². The molecule has 2 rings (SSSR count). The van der Waals surface area contributed by atoms with Crippen LogP contribution in [0.1, 0.15) is 33.6 Å². The van der Waals surface area contributed by atoms with Crippen molar-refractivity contribution in [2.75, 3.05) is 0 Å². The molecule has 3 heteroatoms. The molecule has 0 bridgehead atoms. The molecular weight excluding hydrogens is 315 g/mol. The predicted molar refractivity (Wildman–Crippen MR) is 71.3 cm³/mol. The van der Waals surface area contributed by atoms with Gasteiger partial charge in [-0.2, -0.15) is 0 Å². The third-order valence-corrected chi connectivity index (χ3v) is 5.15. The third-order valence-electron chi connectivity index (χ3n) is 3.85. The molecule has 2 aliphatic carbocycles. The van der Waals surface area contributed by atoms with Gasteiger partial charge in [0.15, 0.2) is 11.6 Å². The van der Waals surface area contributed by atoms with Crippen molar-refractivity contribution < 1.29 is 9.59 Å². The van der Waals surface area contributed by atoms with E-state index in [1.54, 1.807) is 6.92 Å². The minimum absolute atomic E-state index is 0.137. The molecule has 0 spiro atoms. The highest BCUT2D eigenvalue weighted by atomic mass is 127. The van der Waals surface area contributed by atoms with Crippen molar-refractivity contribution in [2.24, 2.45) is 11.3 Å². The topological polar surface area (TPSA) is 34.1 Å². The fraction of sp³-hybridized carbons (Fsp3) is 0.538. The molecule has 86 valence electrons. The molecule has 0 radical (unpaired) electrons. The summed E-state index contributed by atoms with van der Waals surface area (Å²) in [5, 5.41) is 0.